The fourth-order valence-electron chi connectivity index (χ4n) is 2.84. The maximum atomic E-state index is 12.6. The van der Waals surface area contributed by atoms with Gasteiger partial charge >= 0.3 is 11.9 Å². The number of fused-ring (bicyclic) bond motifs is 1. The van der Waals surface area contributed by atoms with Gasteiger partial charge in [0.25, 0.3) is 11.8 Å². The molecule has 1 saturated heterocycles. The van der Waals surface area contributed by atoms with Crippen molar-refractivity contribution in [1.82, 2.24) is 20.3 Å². The molecule has 1 aromatic rings. The average molecular weight is 410 g/mol. The molecular formula is C14H14N6O7S. The number of carboxylic acids is 2. The van der Waals surface area contributed by atoms with Crippen LogP contribution in [0.2, 0.25) is 0 Å². The quantitative estimate of drug-likeness (QED) is 0.303. The number of nitrogens with one attached hydrogen (secondary N) is 1. The van der Waals surface area contributed by atoms with E-state index in [0.717, 1.165) is 16.3 Å². The average Bonchev–Trinajstić information content (AvgIpc) is 3.28. The number of hydrazine groups is 1. The zero-order valence-corrected chi connectivity index (χ0v) is 15.1. The van der Waals surface area contributed by atoms with Crippen LogP contribution >= 0.6 is 11.3 Å². The first-order chi connectivity index (χ1) is 13.2. The van der Waals surface area contributed by atoms with E-state index in [-0.39, 0.29) is 29.6 Å². The van der Waals surface area contributed by atoms with Crippen LogP contribution in [0.4, 0.5) is 5.13 Å². The molecule has 0 aromatic carbocycles. The number of rotatable bonds is 6. The molecule has 2 aliphatic heterocycles. The van der Waals surface area contributed by atoms with Crippen LogP contribution in [0.15, 0.2) is 21.8 Å². The van der Waals surface area contributed by atoms with Crippen LogP contribution in [0.25, 0.3) is 0 Å². The van der Waals surface area contributed by atoms with Gasteiger partial charge in [-0.25, -0.2) is 24.6 Å². The highest BCUT2D eigenvalue weighted by Gasteiger charge is 2.49. The summed E-state index contributed by atoms with van der Waals surface area (Å²) in [6.45, 7) is -0.395. The van der Waals surface area contributed by atoms with Crippen molar-refractivity contribution in [3.05, 3.63) is 22.3 Å². The summed E-state index contributed by atoms with van der Waals surface area (Å²) in [6, 6.07) is -1.12. The highest BCUT2D eigenvalue weighted by atomic mass is 32.1. The van der Waals surface area contributed by atoms with Crippen molar-refractivity contribution >= 4 is 45.9 Å². The van der Waals surface area contributed by atoms with Crippen molar-refractivity contribution in [2.45, 2.75) is 6.04 Å². The molecule has 3 heterocycles. The van der Waals surface area contributed by atoms with Crippen molar-refractivity contribution in [3.63, 3.8) is 0 Å². The molecule has 0 aliphatic carbocycles. The monoisotopic (exact) mass is 410 g/mol. The molecule has 0 bridgehead atoms. The number of carboxylic acid groups (broad SMARTS) is 2. The van der Waals surface area contributed by atoms with Crippen molar-refractivity contribution in [2.75, 3.05) is 25.9 Å². The fraction of sp³-hybridized carbons (Fsp3) is 0.286. The van der Waals surface area contributed by atoms with Crippen LogP contribution in [0.5, 0.6) is 0 Å². The molecule has 28 heavy (non-hydrogen) atoms. The second-order valence-corrected chi connectivity index (χ2v) is 6.54. The third-order valence-electron chi connectivity index (χ3n) is 3.95. The standard InChI is InChI=1S/C14H14N6O7S/c1-27-18-8(7-4-28-14(15)17-7)10(21)16-6-3-19-2-5(12(23)24)9(13(25)26)20(19)11(6)22/h4,6H,2-3H2,1H3,(H2,15,17)(H,16,21)(H,23,24)(H,25,26)/b18-8-/t6-/m0/s1. The highest BCUT2D eigenvalue weighted by molar-refractivity contribution is 7.13. The summed E-state index contributed by atoms with van der Waals surface area (Å²) in [4.78, 5) is 56.4. The Hall–Kier alpha value is -3.52. The van der Waals surface area contributed by atoms with E-state index in [9.17, 15) is 24.3 Å². The summed E-state index contributed by atoms with van der Waals surface area (Å²) in [5, 5.41) is 28.1. The van der Waals surface area contributed by atoms with E-state index in [1.165, 1.54) is 17.5 Å². The molecule has 1 fully saturated rings. The maximum absolute atomic E-state index is 12.6. The summed E-state index contributed by atoms with van der Waals surface area (Å²) in [5.74, 6) is -4.56. The number of nitrogens with two attached hydrogens (primary N) is 1. The zero-order chi connectivity index (χ0) is 20.6. The molecule has 0 spiro atoms. The van der Waals surface area contributed by atoms with Crippen LogP contribution in [0.1, 0.15) is 5.69 Å². The van der Waals surface area contributed by atoms with Gasteiger partial charge in [0.15, 0.2) is 16.5 Å². The van der Waals surface area contributed by atoms with Gasteiger partial charge in [0.05, 0.1) is 12.1 Å². The Kier molecular flexibility index (Phi) is 4.98. The van der Waals surface area contributed by atoms with E-state index < -0.39 is 41.1 Å². The lowest BCUT2D eigenvalue weighted by Gasteiger charge is -2.18. The number of carbonyl (C=O) groups excluding carboxylic acids is 2. The number of aromatic nitrogens is 1. The Morgan fingerprint density at radius 2 is 2.11 bits per heavy atom. The van der Waals surface area contributed by atoms with Crippen LogP contribution in [-0.2, 0) is 24.0 Å². The molecular weight excluding hydrogens is 396 g/mol. The lowest BCUT2D eigenvalue weighted by atomic mass is 10.1. The Morgan fingerprint density at radius 3 is 2.64 bits per heavy atom. The van der Waals surface area contributed by atoms with Gasteiger partial charge in [-0.1, -0.05) is 5.16 Å². The van der Waals surface area contributed by atoms with Crippen LogP contribution in [0, 0.1) is 0 Å². The van der Waals surface area contributed by atoms with E-state index in [1.54, 1.807) is 0 Å². The number of anilines is 1. The number of hydrogen-bond donors (Lipinski definition) is 4. The number of nitrogen functional groups attached to an aromatic ring is 1. The Bertz CT molecular complexity index is 938. The molecule has 1 atom stereocenters. The number of amides is 2. The van der Waals surface area contributed by atoms with Crippen molar-refractivity contribution < 1.29 is 34.2 Å². The van der Waals surface area contributed by atoms with Gasteiger partial charge < -0.3 is 26.1 Å². The van der Waals surface area contributed by atoms with Gasteiger partial charge in [0, 0.05) is 11.9 Å². The van der Waals surface area contributed by atoms with E-state index in [0.29, 0.717) is 0 Å². The maximum Gasteiger partial charge on any atom is 0.354 e. The van der Waals surface area contributed by atoms with Gasteiger partial charge in [-0.3, -0.25) is 9.59 Å². The predicted molar refractivity (Wildman–Crippen MR) is 92.7 cm³/mol. The van der Waals surface area contributed by atoms with E-state index >= 15 is 0 Å². The molecule has 0 unspecified atom stereocenters. The molecule has 5 N–H and O–H groups in total. The number of oxime groups is 1. The molecule has 0 radical (unpaired) electrons. The minimum Gasteiger partial charge on any atom is -0.478 e. The minimum absolute atomic E-state index is 0.113. The Labute approximate surface area is 160 Å². The normalized spacial score (nSPS) is 19.8. The van der Waals surface area contributed by atoms with Gasteiger partial charge in [0.2, 0.25) is 0 Å². The second kappa shape index (κ2) is 7.24. The van der Waals surface area contributed by atoms with Gasteiger partial charge in [-0.2, -0.15) is 0 Å². The summed E-state index contributed by atoms with van der Waals surface area (Å²) in [7, 11) is 1.23. The zero-order valence-electron chi connectivity index (χ0n) is 14.3. The largest absolute Gasteiger partial charge is 0.478 e. The van der Waals surface area contributed by atoms with Crippen molar-refractivity contribution in [3.8, 4) is 0 Å². The summed E-state index contributed by atoms with van der Waals surface area (Å²) in [5.41, 5.74) is 4.42. The van der Waals surface area contributed by atoms with Gasteiger partial charge in [-0.05, 0) is 0 Å². The molecule has 148 valence electrons. The Morgan fingerprint density at radius 1 is 1.39 bits per heavy atom. The molecule has 3 rings (SSSR count). The number of aliphatic carboxylic acids is 2. The van der Waals surface area contributed by atoms with Crippen molar-refractivity contribution in [1.29, 1.82) is 0 Å². The first-order valence-corrected chi connectivity index (χ1v) is 8.54. The van der Waals surface area contributed by atoms with E-state index in [4.69, 9.17) is 10.8 Å². The summed E-state index contributed by atoms with van der Waals surface area (Å²) in [6.07, 6.45) is 0. The first kappa shape index (κ1) is 19.2. The third-order valence-corrected chi connectivity index (χ3v) is 4.62. The third kappa shape index (κ3) is 3.25. The summed E-state index contributed by atoms with van der Waals surface area (Å²) < 4.78 is 0. The molecule has 2 aliphatic rings. The Balaban J connectivity index is 1.81. The predicted octanol–water partition coefficient (Wildman–Crippen LogP) is -1.94. The highest BCUT2D eigenvalue weighted by Crippen LogP contribution is 2.29. The number of hydrogen-bond acceptors (Lipinski definition) is 10. The van der Waals surface area contributed by atoms with Crippen LogP contribution < -0.4 is 11.1 Å². The molecule has 2 amide bonds. The second-order valence-electron chi connectivity index (χ2n) is 5.65. The topological polar surface area (TPSA) is 188 Å². The number of nitrogens with zero attached hydrogens (tertiary/aromatic N) is 4. The SMILES string of the molecule is CO/N=C(\C(=O)N[C@H]1CN2CC(C(=O)O)=C(C(=O)O)N2C1=O)c1csc(N)n1. The van der Waals surface area contributed by atoms with Crippen LogP contribution in [-0.4, -0.2) is 80.9 Å². The van der Waals surface area contributed by atoms with Gasteiger partial charge in [-0.15, -0.1) is 11.3 Å². The lowest BCUT2D eigenvalue weighted by Crippen LogP contribution is -2.46. The molecule has 13 nitrogen and oxygen atoms in total. The summed E-state index contributed by atoms with van der Waals surface area (Å²) >= 11 is 1.08. The van der Waals surface area contributed by atoms with Gasteiger partial charge in [0.1, 0.15) is 18.8 Å². The fourth-order valence-corrected chi connectivity index (χ4v) is 3.39. The molecule has 14 heteroatoms. The number of carbonyl (C=O) groups is 4. The minimum atomic E-state index is -1.56. The lowest BCUT2D eigenvalue weighted by molar-refractivity contribution is -0.143. The molecule has 1 aromatic heterocycles. The molecule has 0 saturated carbocycles. The van der Waals surface area contributed by atoms with Crippen molar-refractivity contribution in [2.24, 2.45) is 5.16 Å². The van der Waals surface area contributed by atoms with E-state index in [1.807, 2.05) is 0 Å². The van der Waals surface area contributed by atoms with Crippen LogP contribution in [0.3, 0.4) is 0 Å². The first-order valence-electron chi connectivity index (χ1n) is 7.66. The smallest absolute Gasteiger partial charge is 0.354 e. The van der Waals surface area contributed by atoms with E-state index in [2.05, 4.69) is 20.3 Å². The number of thiazole rings is 1.